The van der Waals surface area contributed by atoms with E-state index in [1.165, 1.54) is 26.3 Å². The lowest BCUT2D eigenvalue weighted by molar-refractivity contribution is -0.123. The van der Waals surface area contributed by atoms with Gasteiger partial charge in [0.2, 0.25) is 0 Å². The summed E-state index contributed by atoms with van der Waals surface area (Å²) < 4.78 is 9.74. The summed E-state index contributed by atoms with van der Waals surface area (Å²) in [5, 5.41) is 2.34. The van der Waals surface area contributed by atoms with E-state index in [0.29, 0.717) is 11.4 Å². The topological polar surface area (TPSA) is 90.7 Å². The zero-order chi connectivity index (χ0) is 12.8. The van der Waals surface area contributed by atoms with E-state index in [4.69, 9.17) is 15.2 Å². The van der Waals surface area contributed by atoms with E-state index in [9.17, 15) is 9.59 Å². The second kappa shape index (κ2) is 5.74. The smallest absolute Gasteiger partial charge is 0.338 e. The number of hydrogen-bond donors (Lipinski definition) is 2. The maximum atomic E-state index is 11.6. The van der Waals surface area contributed by atoms with E-state index < -0.39 is 5.97 Å². The van der Waals surface area contributed by atoms with Gasteiger partial charge in [0.05, 0.1) is 12.7 Å². The molecule has 0 spiro atoms. The minimum Gasteiger partial charge on any atom is -0.497 e. The summed E-state index contributed by atoms with van der Waals surface area (Å²) in [6.45, 7) is -0.327. The highest BCUT2D eigenvalue weighted by Gasteiger charge is 2.11. The number of nitrogen functional groups attached to an aromatic ring is 1. The molecule has 1 amide bonds. The molecule has 1 rings (SSSR count). The Hall–Kier alpha value is -2.24. The normalized spacial score (nSPS) is 9.53. The average molecular weight is 238 g/mol. The Bertz CT molecular complexity index is 431. The first-order valence-corrected chi connectivity index (χ1v) is 4.89. The van der Waals surface area contributed by atoms with Gasteiger partial charge < -0.3 is 20.5 Å². The van der Waals surface area contributed by atoms with Crippen molar-refractivity contribution in [2.75, 3.05) is 26.5 Å². The van der Waals surface area contributed by atoms with Crippen molar-refractivity contribution in [1.82, 2.24) is 5.32 Å². The molecule has 0 aromatic heterocycles. The number of carbonyl (C=O) groups is 2. The maximum Gasteiger partial charge on any atom is 0.338 e. The van der Waals surface area contributed by atoms with Gasteiger partial charge >= 0.3 is 5.97 Å². The van der Waals surface area contributed by atoms with Gasteiger partial charge in [0.25, 0.3) is 5.91 Å². The van der Waals surface area contributed by atoms with E-state index in [-0.39, 0.29) is 18.1 Å². The van der Waals surface area contributed by atoms with Gasteiger partial charge in [-0.15, -0.1) is 0 Å². The summed E-state index contributed by atoms with van der Waals surface area (Å²) in [5.41, 5.74) is 6.21. The summed E-state index contributed by atoms with van der Waals surface area (Å²) in [7, 11) is 2.92. The molecule has 0 unspecified atom stereocenters. The van der Waals surface area contributed by atoms with E-state index in [1.54, 1.807) is 6.07 Å². The largest absolute Gasteiger partial charge is 0.497 e. The second-order valence-corrected chi connectivity index (χ2v) is 3.24. The van der Waals surface area contributed by atoms with Gasteiger partial charge in [0.1, 0.15) is 5.75 Å². The van der Waals surface area contributed by atoms with E-state index >= 15 is 0 Å². The second-order valence-electron chi connectivity index (χ2n) is 3.24. The Labute approximate surface area is 98.7 Å². The highest BCUT2D eigenvalue weighted by molar-refractivity contribution is 5.92. The van der Waals surface area contributed by atoms with Crippen molar-refractivity contribution in [2.24, 2.45) is 0 Å². The molecule has 0 saturated heterocycles. The van der Waals surface area contributed by atoms with Gasteiger partial charge in [-0.3, -0.25) is 4.79 Å². The lowest BCUT2D eigenvalue weighted by Crippen LogP contribution is -2.25. The monoisotopic (exact) mass is 238 g/mol. The molecule has 1 aromatic rings. The molecule has 1 aromatic carbocycles. The molecule has 0 atom stereocenters. The molecule has 6 heteroatoms. The number of ether oxygens (including phenoxy) is 2. The minimum atomic E-state index is -0.626. The van der Waals surface area contributed by atoms with Gasteiger partial charge in [-0.05, 0) is 12.1 Å². The van der Waals surface area contributed by atoms with Crippen molar-refractivity contribution in [1.29, 1.82) is 0 Å². The maximum absolute atomic E-state index is 11.6. The number of rotatable bonds is 4. The van der Waals surface area contributed by atoms with E-state index in [1.807, 2.05) is 0 Å². The SMILES string of the molecule is CNC(=O)COC(=O)c1cc(N)cc(OC)c1. The standard InChI is InChI=1S/C11H14N2O4/c1-13-10(14)6-17-11(15)7-3-8(12)5-9(4-7)16-2/h3-5H,6,12H2,1-2H3,(H,13,14). The molecular formula is C11H14N2O4. The van der Waals surface area contributed by atoms with Crippen LogP contribution in [0.15, 0.2) is 18.2 Å². The first-order valence-electron chi connectivity index (χ1n) is 4.89. The molecule has 92 valence electrons. The highest BCUT2D eigenvalue weighted by Crippen LogP contribution is 2.18. The number of hydrogen-bond acceptors (Lipinski definition) is 5. The summed E-state index contributed by atoms with van der Waals surface area (Å²) in [6, 6.07) is 4.52. The van der Waals surface area contributed by atoms with Crippen LogP contribution in [0.1, 0.15) is 10.4 Å². The number of methoxy groups -OCH3 is 1. The Kier molecular flexibility index (Phi) is 4.33. The number of esters is 1. The van der Waals surface area contributed by atoms with Crippen molar-refractivity contribution in [3.63, 3.8) is 0 Å². The quantitative estimate of drug-likeness (QED) is 0.576. The molecular weight excluding hydrogens is 224 g/mol. The third kappa shape index (κ3) is 3.67. The number of likely N-dealkylation sites (N-methyl/N-ethyl adjacent to an activating group) is 1. The Morgan fingerprint density at radius 2 is 2.06 bits per heavy atom. The first kappa shape index (κ1) is 12.8. The van der Waals surface area contributed by atoms with Crippen molar-refractivity contribution >= 4 is 17.6 Å². The third-order valence-electron chi connectivity index (χ3n) is 2.01. The van der Waals surface area contributed by atoms with Gasteiger partial charge in [-0.2, -0.15) is 0 Å². The van der Waals surface area contributed by atoms with Gasteiger partial charge in [0, 0.05) is 18.8 Å². The van der Waals surface area contributed by atoms with Crippen LogP contribution in [0.5, 0.6) is 5.75 Å². The Morgan fingerprint density at radius 3 is 2.65 bits per heavy atom. The zero-order valence-corrected chi connectivity index (χ0v) is 9.65. The van der Waals surface area contributed by atoms with Crippen molar-refractivity contribution in [2.45, 2.75) is 0 Å². The molecule has 0 aliphatic carbocycles. The summed E-state index contributed by atoms with van der Waals surface area (Å²) in [6.07, 6.45) is 0. The van der Waals surface area contributed by atoms with Crippen LogP contribution in [0, 0.1) is 0 Å². The predicted molar refractivity (Wildman–Crippen MR) is 61.8 cm³/mol. The van der Waals surface area contributed by atoms with Crippen LogP contribution in [-0.4, -0.2) is 32.6 Å². The molecule has 0 radical (unpaired) electrons. The molecule has 0 aliphatic rings. The van der Waals surface area contributed by atoms with Crippen LogP contribution in [0.3, 0.4) is 0 Å². The van der Waals surface area contributed by atoms with Crippen molar-refractivity contribution in [3.8, 4) is 5.75 Å². The number of nitrogens with one attached hydrogen (secondary N) is 1. The first-order chi connectivity index (χ1) is 8.06. The number of anilines is 1. The molecule has 6 nitrogen and oxygen atoms in total. The Balaban J connectivity index is 2.74. The number of carbonyl (C=O) groups excluding carboxylic acids is 2. The van der Waals surface area contributed by atoms with Crippen molar-refractivity contribution < 1.29 is 19.1 Å². The predicted octanol–water partition coefficient (Wildman–Crippen LogP) is 0.180. The van der Waals surface area contributed by atoms with Gasteiger partial charge in [-0.1, -0.05) is 0 Å². The van der Waals surface area contributed by atoms with Crippen LogP contribution in [-0.2, 0) is 9.53 Å². The minimum absolute atomic E-state index is 0.241. The van der Waals surface area contributed by atoms with Crippen LogP contribution in [0.4, 0.5) is 5.69 Å². The fourth-order valence-corrected chi connectivity index (χ4v) is 1.14. The average Bonchev–Trinajstić information content (AvgIpc) is 2.34. The lowest BCUT2D eigenvalue weighted by Gasteiger charge is -2.06. The van der Waals surface area contributed by atoms with Gasteiger partial charge in [0.15, 0.2) is 6.61 Å². The van der Waals surface area contributed by atoms with Crippen LogP contribution in [0.2, 0.25) is 0 Å². The number of nitrogens with two attached hydrogens (primary N) is 1. The molecule has 0 heterocycles. The molecule has 0 saturated carbocycles. The summed E-state index contributed by atoms with van der Waals surface area (Å²) in [5.74, 6) is -0.551. The van der Waals surface area contributed by atoms with E-state index in [0.717, 1.165) is 0 Å². The summed E-state index contributed by atoms with van der Waals surface area (Å²) >= 11 is 0. The third-order valence-corrected chi connectivity index (χ3v) is 2.01. The molecule has 17 heavy (non-hydrogen) atoms. The summed E-state index contributed by atoms with van der Waals surface area (Å²) in [4.78, 5) is 22.5. The van der Waals surface area contributed by atoms with Crippen LogP contribution < -0.4 is 15.8 Å². The zero-order valence-electron chi connectivity index (χ0n) is 9.65. The molecule has 0 aliphatic heterocycles. The van der Waals surface area contributed by atoms with E-state index in [2.05, 4.69) is 5.32 Å². The molecule has 0 bridgehead atoms. The molecule has 3 N–H and O–H groups in total. The number of amides is 1. The fourth-order valence-electron chi connectivity index (χ4n) is 1.14. The highest BCUT2D eigenvalue weighted by atomic mass is 16.5. The molecule has 0 fully saturated rings. The van der Waals surface area contributed by atoms with Crippen LogP contribution in [0.25, 0.3) is 0 Å². The van der Waals surface area contributed by atoms with Gasteiger partial charge in [-0.25, -0.2) is 4.79 Å². The Morgan fingerprint density at radius 1 is 1.35 bits per heavy atom. The fraction of sp³-hybridized carbons (Fsp3) is 0.273. The van der Waals surface area contributed by atoms with Crippen molar-refractivity contribution in [3.05, 3.63) is 23.8 Å². The van der Waals surface area contributed by atoms with Crippen LogP contribution >= 0.6 is 0 Å². The number of benzene rings is 1. The lowest BCUT2D eigenvalue weighted by atomic mass is 10.2.